The van der Waals surface area contributed by atoms with Gasteiger partial charge >= 0.3 is 0 Å². The van der Waals surface area contributed by atoms with Gasteiger partial charge in [0.1, 0.15) is 0 Å². The molecule has 2 nitrogen and oxygen atoms in total. The van der Waals surface area contributed by atoms with Gasteiger partial charge in [-0.1, -0.05) is 30.3 Å². The van der Waals surface area contributed by atoms with Crippen molar-refractivity contribution in [3.63, 3.8) is 0 Å². The van der Waals surface area contributed by atoms with Crippen molar-refractivity contribution >= 4 is 11.6 Å². The van der Waals surface area contributed by atoms with Gasteiger partial charge in [-0.3, -0.25) is 0 Å². The van der Waals surface area contributed by atoms with Gasteiger partial charge in [0.15, 0.2) is 0 Å². The van der Waals surface area contributed by atoms with Gasteiger partial charge in [-0.05, 0) is 31.2 Å². The first-order chi connectivity index (χ1) is 9.35. The monoisotopic (exact) mass is 282 g/mol. The lowest BCUT2D eigenvalue weighted by Gasteiger charge is -2.35. The van der Waals surface area contributed by atoms with E-state index in [0.29, 0.717) is 12.5 Å². The first-order valence-corrected chi connectivity index (χ1v) is 7.63. The molecule has 0 N–H and O–H groups in total. The van der Waals surface area contributed by atoms with Crippen LogP contribution < -0.4 is 0 Å². The van der Waals surface area contributed by atoms with Crippen molar-refractivity contribution in [3.8, 4) is 0 Å². The normalized spacial score (nSPS) is 23.4. The van der Waals surface area contributed by atoms with Crippen molar-refractivity contribution in [2.24, 2.45) is 5.41 Å². The van der Waals surface area contributed by atoms with E-state index >= 15 is 0 Å². The molecule has 0 radical (unpaired) electrons. The quantitative estimate of drug-likeness (QED) is 0.555. The Morgan fingerprint density at radius 3 is 2.79 bits per heavy atom. The molecule has 1 aromatic rings. The highest BCUT2D eigenvalue weighted by Gasteiger charge is 2.31. The van der Waals surface area contributed by atoms with Crippen LogP contribution in [0.3, 0.4) is 0 Å². The molecular weight excluding hydrogens is 260 g/mol. The fourth-order valence-electron chi connectivity index (χ4n) is 2.59. The average Bonchev–Trinajstić information content (AvgIpc) is 2.49. The van der Waals surface area contributed by atoms with Crippen LogP contribution in [0.2, 0.25) is 0 Å². The van der Waals surface area contributed by atoms with Crippen molar-refractivity contribution in [1.29, 1.82) is 0 Å². The number of benzene rings is 1. The van der Waals surface area contributed by atoms with Crippen LogP contribution in [0.5, 0.6) is 0 Å². The van der Waals surface area contributed by atoms with Crippen LogP contribution in [0.15, 0.2) is 30.3 Å². The number of hydrogen-bond acceptors (Lipinski definition) is 2. The highest BCUT2D eigenvalue weighted by atomic mass is 35.5. The Morgan fingerprint density at radius 2 is 2.11 bits per heavy atom. The Bertz CT molecular complexity index is 347. The molecule has 0 spiro atoms. The molecule has 3 heteroatoms. The van der Waals surface area contributed by atoms with Gasteiger partial charge in [0.05, 0.1) is 13.2 Å². The molecular formula is C16H23ClO2. The van der Waals surface area contributed by atoms with E-state index in [1.165, 1.54) is 12.0 Å². The van der Waals surface area contributed by atoms with Crippen LogP contribution >= 0.6 is 11.6 Å². The molecule has 0 bridgehead atoms. The van der Waals surface area contributed by atoms with E-state index in [-0.39, 0.29) is 5.41 Å². The summed E-state index contributed by atoms with van der Waals surface area (Å²) in [6.07, 6.45) is 4.49. The third-order valence-corrected chi connectivity index (χ3v) is 4.36. The molecule has 0 aliphatic carbocycles. The summed E-state index contributed by atoms with van der Waals surface area (Å²) in [7, 11) is 0. The van der Waals surface area contributed by atoms with E-state index in [9.17, 15) is 0 Å². The van der Waals surface area contributed by atoms with E-state index in [0.717, 1.165) is 39.1 Å². The molecule has 19 heavy (non-hydrogen) atoms. The molecule has 1 saturated heterocycles. The fraction of sp³-hybridized carbons (Fsp3) is 0.625. The summed E-state index contributed by atoms with van der Waals surface area (Å²) in [6, 6.07) is 10.3. The van der Waals surface area contributed by atoms with Gasteiger partial charge in [0.25, 0.3) is 0 Å². The van der Waals surface area contributed by atoms with Crippen molar-refractivity contribution in [2.75, 3.05) is 25.7 Å². The zero-order valence-corrected chi connectivity index (χ0v) is 12.2. The first-order valence-electron chi connectivity index (χ1n) is 7.10. The maximum Gasteiger partial charge on any atom is 0.0716 e. The minimum absolute atomic E-state index is 0.190. The summed E-state index contributed by atoms with van der Waals surface area (Å²) in [5, 5.41) is 0. The lowest BCUT2D eigenvalue weighted by atomic mass is 9.80. The highest BCUT2D eigenvalue weighted by Crippen LogP contribution is 2.34. The number of ether oxygens (including phenoxy) is 2. The van der Waals surface area contributed by atoms with Gasteiger partial charge in [-0.25, -0.2) is 0 Å². The molecule has 0 aromatic heterocycles. The molecule has 2 rings (SSSR count). The number of alkyl halides is 1. The zero-order valence-electron chi connectivity index (χ0n) is 11.4. The maximum absolute atomic E-state index is 6.12. The second-order valence-corrected chi connectivity index (χ2v) is 5.70. The molecule has 106 valence electrons. The zero-order chi connectivity index (χ0) is 13.4. The van der Waals surface area contributed by atoms with E-state index in [1.54, 1.807) is 0 Å². The van der Waals surface area contributed by atoms with Crippen LogP contribution in [0.4, 0.5) is 0 Å². The summed E-state index contributed by atoms with van der Waals surface area (Å²) in [5.74, 6) is 0.700. The summed E-state index contributed by atoms with van der Waals surface area (Å²) in [4.78, 5) is 0. The smallest absolute Gasteiger partial charge is 0.0716 e. The van der Waals surface area contributed by atoms with Gasteiger partial charge in [0.2, 0.25) is 0 Å². The number of hydrogen-bond donors (Lipinski definition) is 0. The van der Waals surface area contributed by atoms with E-state index in [2.05, 4.69) is 12.1 Å². The summed E-state index contributed by atoms with van der Waals surface area (Å²) < 4.78 is 11.3. The van der Waals surface area contributed by atoms with Gasteiger partial charge in [0, 0.05) is 24.5 Å². The third kappa shape index (κ3) is 4.79. The third-order valence-electron chi connectivity index (χ3n) is 3.79. The Balaban J connectivity index is 1.63. The van der Waals surface area contributed by atoms with E-state index < -0.39 is 0 Å². The molecule has 1 atom stereocenters. The van der Waals surface area contributed by atoms with Crippen molar-refractivity contribution in [3.05, 3.63) is 35.9 Å². The van der Waals surface area contributed by atoms with E-state index in [1.807, 2.05) is 18.2 Å². The Labute approximate surface area is 121 Å². The summed E-state index contributed by atoms with van der Waals surface area (Å²) in [5.41, 5.74) is 1.42. The molecule has 0 saturated carbocycles. The van der Waals surface area contributed by atoms with Crippen LogP contribution in [-0.4, -0.2) is 25.7 Å². The SMILES string of the molecule is ClCC1(CCCOCc2ccccc2)CCCOC1. The van der Waals surface area contributed by atoms with E-state index in [4.69, 9.17) is 21.1 Å². The molecule has 1 fully saturated rings. The minimum atomic E-state index is 0.190. The lowest BCUT2D eigenvalue weighted by Crippen LogP contribution is -2.33. The minimum Gasteiger partial charge on any atom is -0.381 e. The highest BCUT2D eigenvalue weighted by molar-refractivity contribution is 6.18. The Morgan fingerprint density at radius 1 is 1.26 bits per heavy atom. The van der Waals surface area contributed by atoms with Crippen molar-refractivity contribution < 1.29 is 9.47 Å². The predicted molar refractivity (Wildman–Crippen MR) is 78.5 cm³/mol. The summed E-state index contributed by atoms with van der Waals surface area (Å²) in [6.45, 7) is 3.21. The van der Waals surface area contributed by atoms with Crippen molar-refractivity contribution in [2.45, 2.75) is 32.3 Å². The maximum atomic E-state index is 6.12. The molecule has 1 heterocycles. The predicted octanol–water partition coefficient (Wildman–Crippen LogP) is 4.02. The topological polar surface area (TPSA) is 18.5 Å². The standard InChI is InChI=1S/C16H23ClO2/c17-13-16(9-5-11-19-14-16)8-4-10-18-12-15-6-2-1-3-7-15/h1-3,6-7H,4-5,8-14H2. The Kier molecular flexibility index (Phi) is 6.15. The van der Waals surface area contributed by atoms with Gasteiger partial charge < -0.3 is 9.47 Å². The van der Waals surface area contributed by atoms with Crippen LogP contribution in [0.1, 0.15) is 31.2 Å². The van der Waals surface area contributed by atoms with Crippen molar-refractivity contribution in [1.82, 2.24) is 0 Å². The Hall–Kier alpha value is -0.570. The number of halogens is 1. The first kappa shape index (κ1) is 14.8. The van der Waals surface area contributed by atoms with Crippen LogP contribution in [-0.2, 0) is 16.1 Å². The van der Waals surface area contributed by atoms with Crippen LogP contribution in [0.25, 0.3) is 0 Å². The molecule has 1 aliphatic rings. The fourth-order valence-corrected chi connectivity index (χ4v) is 2.94. The van der Waals surface area contributed by atoms with Gasteiger partial charge in [-0.15, -0.1) is 11.6 Å². The lowest BCUT2D eigenvalue weighted by molar-refractivity contribution is -0.00581. The summed E-state index contributed by atoms with van der Waals surface area (Å²) >= 11 is 6.12. The molecule has 1 unspecified atom stereocenters. The average molecular weight is 283 g/mol. The largest absolute Gasteiger partial charge is 0.381 e. The molecule has 0 amide bonds. The van der Waals surface area contributed by atoms with Crippen LogP contribution in [0, 0.1) is 5.41 Å². The molecule has 1 aromatic carbocycles. The number of rotatable bonds is 7. The molecule has 1 aliphatic heterocycles. The second-order valence-electron chi connectivity index (χ2n) is 5.43. The van der Waals surface area contributed by atoms with Gasteiger partial charge in [-0.2, -0.15) is 0 Å². The second kappa shape index (κ2) is 7.88.